The van der Waals surface area contributed by atoms with E-state index in [2.05, 4.69) is 25.9 Å². The van der Waals surface area contributed by atoms with Crippen molar-refractivity contribution in [3.63, 3.8) is 0 Å². The van der Waals surface area contributed by atoms with Crippen LogP contribution in [-0.2, 0) is 4.74 Å². The molecule has 36 heavy (non-hydrogen) atoms. The number of aromatic nitrogens is 2. The fourth-order valence-electron chi connectivity index (χ4n) is 3.64. The summed E-state index contributed by atoms with van der Waals surface area (Å²) >= 11 is 0. The first-order valence-corrected chi connectivity index (χ1v) is 11.9. The van der Waals surface area contributed by atoms with Crippen LogP contribution in [0.5, 0.6) is 5.75 Å². The highest BCUT2D eigenvalue weighted by molar-refractivity contribution is 5.90. The van der Waals surface area contributed by atoms with Gasteiger partial charge in [0.25, 0.3) is 0 Å². The third-order valence-corrected chi connectivity index (χ3v) is 5.48. The quantitative estimate of drug-likeness (QED) is 0.298. The van der Waals surface area contributed by atoms with E-state index in [1.807, 2.05) is 30.3 Å². The van der Waals surface area contributed by atoms with Crippen LogP contribution < -0.4 is 26.4 Å². The third-order valence-electron chi connectivity index (χ3n) is 5.48. The molecule has 0 aliphatic carbocycles. The van der Waals surface area contributed by atoms with Crippen molar-refractivity contribution in [2.24, 2.45) is 0 Å². The van der Waals surface area contributed by atoms with Crippen LogP contribution >= 0.6 is 0 Å². The number of rotatable bonds is 8. The Labute approximate surface area is 210 Å². The van der Waals surface area contributed by atoms with Gasteiger partial charge in [0, 0.05) is 42.5 Å². The number of nitrogens with two attached hydrogens (primary N) is 1. The monoisotopic (exact) mass is 492 g/mol. The molecule has 0 bridgehead atoms. The molecule has 0 unspecified atom stereocenters. The number of urea groups is 1. The number of amides is 2. The second kappa shape index (κ2) is 11.2. The van der Waals surface area contributed by atoms with E-state index in [1.165, 1.54) is 0 Å². The molecular weight excluding hydrogens is 460 g/mol. The van der Waals surface area contributed by atoms with Crippen LogP contribution in [0.3, 0.4) is 0 Å². The van der Waals surface area contributed by atoms with Crippen molar-refractivity contribution in [2.75, 3.05) is 36.1 Å². The molecule has 0 saturated carbocycles. The molecule has 1 aliphatic heterocycles. The Bertz CT molecular complexity index is 1190. The highest BCUT2D eigenvalue weighted by Crippen LogP contribution is 2.30. The molecule has 0 radical (unpaired) electrons. The highest BCUT2D eigenvalue weighted by atomic mass is 16.5. The number of nitrogens with zero attached hydrogens (tertiary/aromatic N) is 2. The van der Waals surface area contributed by atoms with Gasteiger partial charge in [0.2, 0.25) is 5.95 Å². The molecular formula is C26H32N6O4. The van der Waals surface area contributed by atoms with Gasteiger partial charge in [-0.05, 0) is 56.3 Å². The zero-order valence-electron chi connectivity index (χ0n) is 20.5. The molecule has 3 aromatic rings. The summed E-state index contributed by atoms with van der Waals surface area (Å²) < 4.78 is 11.4. The summed E-state index contributed by atoms with van der Waals surface area (Å²) in [6.07, 6.45) is 3.48. The van der Waals surface area contributed by atoms with Crippen LogP contribution in [0.4, 0.5) is 27.8 Å². The molecule has 1 fully saturated rings. The first kappa shape index (κ1) is 25.2. The van der Waals surface area contributed by atoms with Crippen LogP contribution in [0.25, 0.3) is 11.3 Å². The second-order valence-corrected chi connectivity index (χ2v) is 9.27. The van der Waals surface area contributed by atoms with Crippen molar-refractivity contribution in [1.82, 2.24) is 15.3 Å². The summed E-state index contributed by atoms with van der Waals surface area (Å²) in [6.45, 7) is 4.78. The number of hydrogen-bond acceptors (Lipinski definition) is 8. The van der Waals surface area contributed by atoms with Crippen LogP contribution in [0.15, 0.2) is 54.7 Å². The summed E-state index contributed by atoms with van der Waals surface area (Å²) in [6, 6.07) is 14.2. The number of nitrogen functional groups attached to an aromatic ring is 1. The second-order valence-electron chi connectivity index (χ2n) is 9.27. The molecule has 190 valence electrons. The maximum absolute atomic E-state index is 12.1. The Morgan fingerprint density at radius 2 is 1.94 bits per heavy atom. The van der Waals surface area contributed by atoms with E-state index in [-0.39, 0.29) is 12.6 Å². The molecule has 1 saturated heterocycles. The van der Waals surface area contributed by atoms with Gasteiger partial charge in [0.05, 0.1) is 30.2 Å². The Morgan fingerprint density at radius 3 is 2.69 bits per heavy atom. The zero-order chi connectivity index (χ0) is 25.5. The van der Waals surface area contributed by atoms with Gasteiger partial charge >= 0.3 is 6.03 Å². The third kappa shape index (κ3) is 7.30. The van der Waals surface area contributed by atoms with Crippen molar-refractivity contribution < 1.29 is 19.4 Å². The number of anilines is 4. The molecule has 10 heteroatoms. The van der Waals surface area contributed by atoms with E-state index in [0.717, 1.165) is 18.4 Å². The summed E-state index contributed by atoms with van der Waals surface area (Å²) in [7, 11) is 0. The molecule has 2 heterocycles. The molecule has 0 atom stereocenters. The number of carbonyl (C=O) groups excluding carboxylic acids is 1. The molecule has 0 spiro atoms. The predicted octanol–water partition coefficient (Wildman–Crippen LogP) is 3.92. The fraction of sp³-hybridized carbons (Fsp3) is 0.346. The minimum atomic E-state index is -0.994. The molecule has 4 rings (SSSR count). The largest absolute Gasteiger partial charge is 0.488 e. The summed E-state index contributed by atoms with van der Waals surface area (Å²) in [5, 5.41) is 18.3. The lowest BCUT2D eigenvalue weighted by Gasteiger charge is -2.24. The Kier molecular flexibility index (Phi) is 7.87. The molecule has 1 aromatic heterocycles. The topological polar surface area (TPSA) is 144 Å². The Morgan fingerprint density at radius 1 is 1.17 bits per heavy atom. The smallest absolute Gasteiger partial charge is 0.319 e. The van der Waals surface area contributed by atoms with Gasteiger partial charge in [-0.1, -0.05) is 6.07 Å². The molecule has 2 amide bonds. The molecule has 1 aliphatic rings. The number of aliphatic hydroxyl groups is 1. The Balaban J connectivity index is 1.41. The van der Waals surface area contributed by atoms with E-state index in [4.69, 9.17) is 15.2 Å². The Hall–Kier alpha value is -3.89. The number of nitrogens with one attached hydrogen (secondary N) is 3. The number of ether oxygens (including phenoxy) is 2. The van der Waals surface area contributed by atoms with E-state index >= 15 is 0 Å². The average Bonchev–Trinajstić information content (AvgIpc) is 2.85. The normalized spacial score (nSPS) is 14.2. The van der Waals surface area contributed by atoms with Crippen LogP contribution in [-0.4, -0.2) is 52.6 Å². The lowest BCUT2D eigenvalue weighted by molar-refractivity contribution is 0.0259. The fourth-order valence-corrected chi connectivity index (χ4v) is 3.64. The maximum Gasteiger partial charge on any atom is 0.319 e. The maximum atomic E-state index is 12.1. The SMILES string of the molecule is CC(C)(O)CNC(=O)Nc1cccc(Nc2nccc(-c3ccc(OC4CCOCC4)c(N)c3)n2)c1. The lowest BCUT2D eigenvalue weighted by Crippen LogP contribution is -2.40. The minimum Gasteiger partial charge on any atom is -0.488 e. The average molecular weight is 493 g/mol. The summed E-state index contributed by atoms with van der Waals surface area (Å²) in [5.74, 6) is 1.06. The summed E-state index contributed by atoms with van der Waals surface area (Å²) in [4.78, 5) is 21.0. The van der Waals surface area contributed by atoms with Crippen molar-refractivity contribution in [3.05, 3.63) is 54.7 Å². The van der Waals surface area contributed by atoms with E-state index in [0.29, 0.717) is 47.7 Å². The number of benzene rings is 2. The van der Waals surface area contributed by atoms with Crippen molar-refractivity contribution in [2.45, 2.75) is 38.4 Å². The lowest BCUT2D eigenvalue weighted by atomic mass is 10.1. The summed E-state index contributed by atoms with van der Waals surface area (Å²) in [5.41, 5.74) is 8.66. The molecule has 2 aromatic carbocycles. The van der Waals surface area contributed by atoms with Gasteiger partial charge < -0.3 is 36.3 Å². The standard InChI is InChI=1S/C26H32N6O4/c1-26(2,34)16-29-25(33)31-19-5-3-4-18(15-19)30-24-28-11-8-22(32-24)17-6-7-23(21(27)14-17)36-20-9-12-35-13-10-20/h3-8,11,14-15,20,34H,9-10,12-13,16,27H2,1-2H3,(H,28,30,32)(H2,29,31,33). The van der Waals surface area contributed by atoms with Crippen molar-refractivity contribution in [3.8, 4) is 17.0 Å². The number of carbonyl (C=O) groups is 1. The highest BCUT2D eigenvalue weighted by Gasteiger charge is 2.17. The van der Waals surface area contributed by atoms with Gasteiger partial charge in [-0.3, -0.25) is 0 Å². The zero-order valence-corrected chi connectivity index (χ0v) is 20.5. The number of hydrogen-bond donors (Lipinski definition) is 5. The van der Waals surface area contributed by atoms with Gasteiger partial charge in [-0.15, -0.1) is 0 Å². The van der Waals surface area contributed by atoms with Crippen molar-refractivity contribution >= 4 is 29.0 Å². The molecule has 6 N–H and O–H groups in total. The predicted molar refractivity (Wildman–Crippen MR) is 139 cm³/mol. The first-order valence-electron chi connectivity index (χ1n) is 11.9. The van der Waals surface area contributed by atoms with Gasteiger partial charge in [0.15, 0.2) is 0 Å². The van der Waals surface area contributed by atoms with Crippen LogP contribution in [0.1, 0.15) is 26.7 Å². The molecule has 10 nitrogen and oxygen atoms in total. The first-order chi connectivity index (χ1) is 17.2. The van der Waals surface area contributed by atoms with Crippen molar-refractivity contribution in [1.29, 1.82) is 0 Å². The minimum absolute atomic E-state index is 0.111. The van der Waals surface area contributed by atoms with Crippen LogP contribution in [0.2, 0.25) is 0 Å². The van der Waals surface area contributed by atoms with Gasteiger partial charge in [-0.25, -0.2) is 14.8 Å². The van der Waals surface area contributed by atoms with Crippen LogP contribution in [0, 0.1) is 0 Å². The van der Waals surface area contributed by atoms with E-state index in [1.54, 1.807) is 38.2 Å². The van der Waals surface area contributed by atoms with E-state index < -0.39 is 11.6 Å². The van der Waals surface area contributed by atoms with Gasteiger partial charge in [0.1, 0.15) is 11.9 Å². The van der Waals surface area contributed by atoms with E-state index in [9.17, 15) is 9.90 Å². The van der Waals surface area contributed by atoms with Gasteiger partial charge in [-0.2, -0.15) is 0 Å².